The van der Waals surface area contributed by atoms with E-state index in [2.05, 4.69) is 18.8 Å². The van der Waals surface area contributed by atoms with Crippen LogP contribution in [0.25, 0.3) is 0 Å². The molecular formula is C30H39NO9. The van der Waals surface area contributed by atoms with Crippen LogP contribution in [0.2, 0.25) is 0 Å². The second-order valence-electron chi connectivity index (χ2n) is 10.2. The monoisotopic (exact) mass is 557 g/mol. The van der Waals surface area contributed by atoms with Gasteiger partial charge in [-0.2, -0.15) is 0 Å². The Morgan fingerprint density at radius 2 is 1.88 bits per heavy atom. The van der Waals surface area contributed by atoms with E-state index < -0.39 is 36.5 Å². The van der Waals surface area contributed by atoms with Crippen LogP contribution in [-0.2, 0) is 35.0 Å². The standard InChI is InChI=1S/C30H39NO9/c1-19(2)15-37-28-20(3)40-30(34)24(17-36-16-23(28)13-22-9-7-6-8-10-22)14-25(33)27-29(39-18-38-21(4)32)26(35-5)11-12-31-27/h6-12,19-20,23-24,28H,13-18H2,1-5H3/t20-,23-,24?,28-/m0/s1. The van der Waals surface area contributed by atoms with Crippen molar-refractivity contribution in [3.8, 4) is 11.5 Å². The summed E-state index contributed by atoms with van der Waals surface area (Å²) in [6.45, 7) is 7.59. The fourth-order valence-corrected chi connectivity index (χ4v) is 4.48. The summed E-state index contributed by atoms with van der Waals surface area (Å²) >= 11 is 0. The number of hydrogen-bond donors (Lipinski definition) is 0. The largest absolute Gasteiger partial charge is 0.493 e. The molecule has 1 aliphatic heterocycles. The van der Waals surface area contributed by atoms with Gasteiger partial charge >= 0.3 is 11.9 Å². The van der Waals surface area contributed by atoms with Gasteiger partial charge in [0, 0.05) is 38.1 Å². The summed E-state index contributed by atoms with van der Waals surface area (Å²) in [5.41, 5.74) is 1.08. The number of methoxy groups -OCH3 is 1. The van der Waals surface area contributed by atoms with Gasteiger partial charge in [0.2, 0.25) is 6.79 Å². The first kappa shape index (κ1) is 31.0. The third kappa shape index (κ3) is 9.02. The number of nitrogens with zero attached hydrogens (tertiary/aromatic N) is 1. The van der Waals surface area contributed by atoms with Crippen LogP contribution in [0.4, 0.5) is 0 Å². The lowest BCUT2D eigenvalue weighted by atomic mass is 9.91. The normalized spacial score (nSPS) is 21.5. The van der Waals surface area contributed by atoms with Gasteiger partial charge in [-0.25, -0.2) is 4.98 Å². The third-order valence-corrected chi connectivity index (χ3v) is 6.43. The van der Waals surface area contributed by atoms with E-state index in [-0.39, 0.29) is 42.2 Å². The Hall–Kier alpha value is -3.50. The van der Waals surface area contributed by atoms with E-state index in [9.17, 15) is 14.4 Å². The Bertz CT molecular complexity index is 1120. The lowest BCUT2D eigenvalue weighted by molar-refractivity contribution is -0.163. The first-order chi connectivity index (χ1) is 19.2. The van der Waals surface area contributed by atoms with E-state index in [1.807, 2.05) is 37.3 Å². The Labute approximate surface area is 235 Å². The molecule has 218 valence electrons. The molecule has 1 aliphatic rings. The SMILES string of the molecule is COc1ccnc(C(=O)CC2COC[C@H](Cc3ccccc3)[C@@H](OCC(C)C)[C@H](C)OC2=O)c1OCOC(C)=O. The average Bonchev–Trinajstić information content (AvgIpc) is 2.96. The molecule has 1 unspecified atom stereocenters. The number of ether oxygens (including phenoxy) is 6. The number of cyclic esters (lactones) is 1. The predicted octanol–water partition coefficient (Wildman–Crippen LogP) is 4.04. The molecule has 2 heterocycles. The van der Waals surface area contributed by atoms with Gasteiger partial charge in [0.05, 0.1) is 32.3 Å². The zero-order chi connectivity index (χ0) is 29.1. The minimum atomic E-state index is -0.870. The molecule has 0 saturated carbocycles. The van der Waals surface area contributed by atoms with Gasteiger partial charge in [-0.15, -0.1) is 0 Å². The highest BCUT2D eigenvalue weighted by atomic mass is 16.7. The van der Waals surface area contributed by atoms with Crippen LogP contribution in [0.1, 0.15) is 50.2 Å². The third-order valence-electron chi connectivity index (χ3n) is 6.43. The van der Waals surface area contributed by atoms with Crippen molar-refractivity contribution in [2.45, 2.75) is 52.7 Å². The number of aromatic nitrogens is 1. The fourth-order valence-electron chi connectivity index (χ4n) is 4.48. The maximum Gasteiger partial charge on any atom is 0.312 e. The zero-order valence-electron chi connectivity index (χ0n) is 23.8. The minimum absolute atomic E-state index is 0.00685. The van der Waals surface area contributed by atoms with E-state index in [0.717, 1.165) is 5.56 Å². The number of ketones is 1. The summed E-state index contributed by atoms with van der Waals surface area (Å²) < 4.78 is 33.8. The molecule has 0 spiro atoms. The molecule has 40 heavy (non-hydrogen) atoms. The lowest BCUT2D eigenvalue weighted by Gasteiger charge is -2.31. The number of carbonyl (C=O) groups is 3. The Morgan fingerprint density at radius 1 is 1.12 bits per heavy atom. The van der Waals surface area contributed by atoms with Crippen LogP contribution < -0.4 is 9.47 Å². The highest BCUT2D eigenvalue weighted by Crippen LogP contribution is 2.32. The van der Waals surface area contributed by atoms with Crippen LogP contribution >= 0.6 is 0 Å². The minimum Gasteiger partial charge on any atom is -0.493 e. The van der Waals surface area contributed by atoms with Crippen molar-refractivity contribution < 1.29 is 42.8 Å². The van der Waals surface area contributed by atoms with Crippen LogP contribution in [0, 0.1) is 17.8 Å². The summed E-state index contributed by atoms with van der Waals surface area (Å²) in [4.78, 5) is 41.9. The smallest absolute Gasteiger partial charge is 0.312 e. The summed E-state index contributed by atoms with van der Waals surface area (Å²) in [6, 6.07) is 11.5. The van der Waals surface area contributed by atoms with Crippen molar-refractivity contribution in [2.75, 3.05) is 33.7 Å². The Kier molecular flexibility index (Phi) is 11.9. The van der Waals surface area contributed by atoms with Gasteiger partial charge in [-0.3, -0.25) is 14.4 Å². The zero-order valence-corrected chi connectivity index (χ0v) is 23.8. The van der Waals surface area contributed by atoms with Gasteiger partial charge < -0.3 is 28.4 Å². The highest BCUT2D eigenvalue weighted by molar-refractivity contribution is 5.99. The molecule has 0 aliphatic carbocycles. The van der Waals surface area contributed by atoms with Crippen LogP contribution in [-0.4, -0.2) is 68.6 Å². The van der Waals surface area contributed by atoms with Crippen molar-refractivity contribution in [3.05, 3.63) is 53.9 Å². The molecule has 1 saturated heterocycles. The molecule has 10 nitrogen and oxygen atoms in total. The quantitative estimate of drug-likeness (QED) is 0.215. The Morgan fingerprint density at radius 3 is 2.55 bits per heavy atom. The lowest BCUT2D eigenvalue weighted by Crippen LogP contribution is -2.40. The number of esters is 2. The topological polar surface area (TPSA) is 119 Å². The molecule has 0 radical (unpaired) electrons. The van der Waals surface area contributed by atoms with Crippen LogP contribution in [0.5, 0.6) is 11.5 Å². The van der Waals surface area contributed by atoms with Crippen molar-refractivity contribution in [1.29, 1.82) is 0 Å². The molecule has 2 aromatic rings. The van der Waals surface area contributed by atoms with Gasteiger partial charge in [0.25, 0.3) is 0 Å². The maximum atomic E-state index is 13.4. The van der Waals surface area contributed by atoms with E-state index in [1.165, 1.54) is 26.3 Å². The number of hydrogen-bond acceptors (Lipinski definition) is 10. The molecule has 0 N–H and O–H groups in total. The van der Waals surface area contributed by atoms with Gasteiger partial charge in [0.15, 0.2) is 23.0 Å². The second-order valence-corrected chi connectivity index (χ2v) is 10.2. The molecule has 0 bridgehead atoms. The second kappa shape index (κ2) is 15.3. The van der Waals surface area contributed by atoms with E-state index in [1.54, 1.807) is 0 Å². The summed E-state index contributed by atoms with van der Waals surface area (Å²) in [7, 11) is 1.41. The van der Waals surface area contributed by atoms with Crippen LogP contribution in [0.3, 0.4) is 0 Å². The van der Waals surface area contributed by atoms with Crippen molar-refractivity contribution in [2.24, 2.45) is 17.8 Å². The van der Waals surface area contributed by atoms with Crippen molar-refractivity contribution in [1.82, 2.24) is 4.98 Å². The van der Waals surface area contributed by atoms with E-state index >= 15 is 0 Å². The predicted molar refractivity (Wildman–Crippen MR) is 145 cm³/mol. The molecule has 4 atom stereocenters. The van der Waals surface area contributed by atoms with E-state index in [0.29, 0.717) is 25.6 Å². The molecule has 0 amide bonds. The highest BCUT2D eigenvalue weighted by Gasteiger charge is 2.36. The van der Waals surface area contributed by atoms with Crippen molar-refractivity contribution >= 4 is 17.7 Å². The van der Waals surface area contributed by atoms with Gasteiger partial charge in [0.1, 0.15) is 6.10 Å². The van der Waals surface area contributed by atoms with Gasteiger partial charge in [-0.05, 0) is 24.8 Å². The molecule has 10 heteroatoms. The van der Waals surface area contributed by atoms with Crippen LogP contribution in [0.15, 0.2) is 42.6 Å². The van der Waals surface area contributed by atoms with Crippen molar-refractivity contribution in [3.63, 3.8) is 0 Å². The molecule has 1 fully saturated rings. The number of carbonyl (C=O) groups excluding carboxylic acids is 3. The summed E-state index contributed by atoms with van der Waals surface area (Å²) in [6.07, 6.45) is 0.914. The fraction of sp³-hybridized carbons (Fsp3) is 0.533. The molecule has 1 aromatic carbocycles. The number of benzene rings is 1. The van der Waals surface area contributed by atoms with Gasteiger partial charge in [-0.1, -0.05) is 44.2 Å². The summed E-state index contributed by atoms with van der Waals surface area (Å²) in [5, 5.41) is 0. The number of Topliss-reactive ketones (excluding diaryl/α,β-unsaturated/α-hetero) is 1. The first-order valence-electron chi connectivity index (χ1n) is 13.5. The van der Waals surface area contributed by atoms with E-state index in [4.69, 9.17) is 28.4 Å². The molecule has 3 rings (SSSR count). The maximum absolute atomic E-state index is 13.4. The number of rotatable bonds is 12. The molecular weight excluding hydrogens is 518 g/mol. The first-order valence-corrected chi connectivity index (χ1v) is 13.5. The Balaban J connectivity index is 1.78. The number of pyridine rings is 1. The average molecular weight is 558 g/mol. The molecule has 1 aromatic heterocycles. The summed E-state index contributed by atoms with van der Waals surface area (Å²) in [5.74, 6) is -1.95.